The highest BCUT2D eigenvalue weighted by Gasteiger charge is 2.44. The second kappa shape index (κ2) is 6.41. The number of carbonyl (C=O) groups excluding carboxylic acids is 1. The second-order valence-electron chi connectivity index (χ2n) is 4.31. The molecule has 0 aromatic rings. The van der Waals surface area contributed by atoms with Crippen LogP contribution in [0.25, 0.3) is 0 Å². The summed E-state index contributed by atoms with van der Waals surface area (Å²) in [5.74, 6) is -0.577. The van der Waals surface area contributed by atoms with E-state index >= 15 is 0 Å². The topological polar surface area (TPSA) is 142 Å². The van der Waals surface area contributed by atoms with Crippen molar-refractivity contribution in [2.75, 3.05) is 6.61 Å². The Bertz CT molecular complexity index is 285. The van der Waals surface area contributed by atoms with Gasteiger partial charge in [-0.2, -0.15) is 0 Å². The molecule has 0 radical (unpaired) electrons. The smallest absolute Gasteiger partial charge is 0.220 e. The monoisotopic (exact) mass is 265 g/mol. The fourth-order valence-electron chi connectivity index (χ4n) is 1.74. The Labute approximate surface area is 104 Å². The molecule has 8 nitrogen and oxygen atoms in total. The molecule has 1 aliphatic rings. The van der Waals surface area contributed by atoms with Crippen molar-refractivity contribution in [3.63, 3.8) is 0 Å². The Hall–Kier alpha value is -0.770. The first kappa shape index (κ1) is 15.3. The molecule has 0 saturated carbocycles. The summed E-state index contributed by atoms with van der Waals surface area (Å²) in [6.07, 6.45) is -7.38. The Kier molecular flexibility index (Phi) is 5.45. The normalized spacial score (nSPS) is 38.4. The minimum Gasteiger partial charge on any atom is -0.394 e. The van der Waals surface area contributed by atoms with Crippen molar-refractivity contribution < 1.29 is 34.7 Å². The van der Waals surface area contributed by atoms with E-state index in [0.717, 1.165) is 0 Å². The quantitative estimate of drug-likeness (QED) is 0.358. The zero-order chi connectivity index (χ0) is 13.9. The SMILES string of the molecule is CC(CC(N)=O)O[C@H]1OC(CO)[C@H](O)C(O)C1O. The molecule has 1 amide bonds. The van der Waals surface area contributed by atoms with Crippen LogP contribution >= 0.6 is 0 Å². The maximum Gasteiger partial charge on any atom is 0.220 e. The van der Waals surface area contributed by atoms with Crippen molar-refractivity contribution in [2.24, 2.45) is 5.73 Å². The lowest BCUT2D eigenvalue weighted by molar-refractivity contribution is -0.309. The number of hydrogen-bond acceptors (Lipinski definition) is 7. The Morgan fingerprint density at radius 2 is 1.94 bits per heavy atom. The largest absolute Gasteiger partial charge is 0.394 e. The predicted octanol–water partition coefficient (Wildman–Crippen LogP) is -2.93. The van der Waals surface area contributed by atoms with Gasteiger partial charge in [0.25, 0.3) is 0 Å². The van der Waals surface area contributed by atoms with E-state index in [9.17, 15) is 20.1 Å². The second-order valence-corrected chi connectivity index (χ2v) is 4.31. The van der Waals surface area contributed by atoms with Crippen LogP contribution in [0.5, 0.6) is 0 Å². The first-order valence-electron chi connectivity index (χ1n) is 5.61. The third kappa shape index (κ3) is 3.61. The van der Waals surface area contributed by atoms with Gasteiger partial charge >= 0.3 is 0 Å². The van der Waals surface area contributed by atoms with Gasteiger partial charge in [-0.05, 0) is 6.92 Å². The van der Waals surface area contributed by atoms with Crippen molar-refractivity contribution in [1.29, 1.82) is 0 Å². The number of hydrogen-bond donors (Lipinski definition) is 5. The van der Waals surface area contributed by atoms with E-state index in [1.165, 1.54) is 0 Å². The number of aliphatic hydroxyl groups is 4. The molecule has 0 aromatic carbocycles. The average Bonchev–Trinajstić information content (AvgIpc) is 2.29. The average molecular weight is 265 g/mol. The van der Waals surface area contributed by atoms with Gasteiger partial charge in [0.05, 0.1) is 19.1 Å². The summed E-state index contributed by atoms with van der Waals surface area (Å²) < 4.78 is 10.3. The third-order valence-electron chi connectivity index (χ3n) is 2.70. The molecule has 0 spiro atoms. The molecule has 6 N–H and O–H groups in total. The summed E-state index contributed by atoms with van der Waals surface area (Å²) in [5, 5.41) is 37.6. The minimum atomic E-state index is -1.50. The molecule has 0 bridgehead atoms. The lowest BCUT2D eigenvalue weighted by Crippen LogP contribution is -2.59. The molecule has 0 aromatic heterocycles. The summed E-state index contributed by atoms with van der Waals surface area (Å²) in [7, 11) is 0. The summed E-state index contributed by atoms with van der Waals surface area (Å²) in [6, 6.07) is 0. The number of primary amides is 1. The van der Waals surface area contributed by atoms with E-state index in [1.54, 1.807) is 6.92 Å². The van der Waals surface area contributed by atoms with Crippen LogP contribution in [0.4, 0.5) is 0 Å². The first-order chi connectivity index (χ1) is 8.36. The molecule has 1 rings (SSSR count). The molecule has 1 heterocycles. The zero-order valence-electron chi connectivity index (χ0n) is 9.97. The van der Waals surface area contributed by atoms with Crippen LogP contribution in [-0.2, 0) is 14.3 Å². The predicted molar refractivity (Wildman–Crippen MR) is 58.1 cm³/mol. The van der Waals surface area contributed by atoms with Gasteiger partial charge in [-0.1, -0.05) is 0 Å². The Morgan fingerprint density at radius 1 is 1.33 bits per heavy atom. The van der Waals surface area contributed by atoms with E-state index in [0.29, 0.717) is 0 Å². The van der Waals surface area contributed by atoms with E-state index in [-0.39, 0.29) is 6.42 Å². The van der Waals surface area contributed by atoms with Crippen molar-refractivity contribution in [3.05, 3.63) is 0 Å². The van der Waals surface area contributed by atoms with Crippen molar-refractivity contribution in [2.45, 2.75) is 50.2 Å². The highest BCUT2D eigenvalue weighted by Crippen LogP contribution is 2.23. The van der Waals surface area contributed by atoms with Crippen LogP contribution in [0.15, 0.2) is 0 Å². The van der Waals surface area contributed by atoms with Gasteiger partial charge in [0.2, 0.25) is 5.91 Å². The van der Waals surface area contributed by atoms with Crippen LogP contribution in [0.1, 0.15) is 13.3 Å². The van der Waals surface area contributed by atoms with Gasteiger partial charge in [0.15, 0.2) is 6.29 Å². The maximum absolute atomic E-state index is 10.7. The lowest BCUT2D eigenvalue weighted by atomic mass is 9.99. The van der Waals surface area contributed by atoms with Gasteiger partial charge in [0, 0.05) is 0 Å². The number of amides is 1. The van der Waals surface area contributed by atoms with Crippen LogP contribution in [0.2, 0.25) is 0 Å². The number of nitrogens with two attached hydrogens (primary N) is 1. The highest BCUT2D eigenvalue weighted by molar-refractivity contribution is 5.74. The molecule has 1 aliphatic heterocycles. The van der Waals surface area contributed by atoms with Crippen molar-refractivity contribution >= 4 is 5.91 Å². The zero-order valence-corrected chi connectivity index (χ0v) is 9.97. The maximum atomic E-state index is 10.7. The summed E-state index contributed by atoms with van der Waals surface area (Å²) >= 11 is 0. The van der Waals surface area contributed by atoms with Crippen molar-refractivity contribution in [1.82, 2.24) is 0 Å². The first-order valence-corrected chi connectivity index (χ1v) is 5.61. The number of aliphatic hydroxyl groups excluding tert-OH is 4. The summed E-state index contributed by atoms with van der Waals surface area (Å²) in [4.78, 5) is 10.7. The molecule has 1 saturated heterocycles. The molecule has 8 heteroatoms. The summed E-state index contributed by atoms with van der Waals surface area (Å²) in [5.41, 5.74) is 4.98. The van der Waals surface area contributed by atoms with Gasteiger partial charge in [-0.15, -0.1) is 0 Å². The molecular weight excluding hydrogens is 246 g/mol. The van der Waals surface area contributed by atoms with E-state index in [2.05, 4.69) is 0 Å². The molecule has 1 fully saturated rings. The fraction of sp³-hybridized carbons (Fsp3) is 0.900. The standard InChI is InChI=1S/C10H19NO7/c1-4(2-6(11)13)17-10-9(16)8(15)7(14)5(3-12)18-10/h4-5,7-10,12,14-16H,2-3H2,1H3,(H2,11,13)/t4?,5?,7-,8?,9?,10-/m0/s1. The number of ether oxygens (including phenoxy) is 2. The molecule has 106 valence electrons. The van der Waals surface area contributed by atoms with Crippen LogP contribution in [0.3, 0.4) is 0 Å². The van der Waals surface area contributed by atoms with E-state index in [1.807, 2.05) is 0 Å². The number of rotatable bonds is 5. The van der Waals surface area contributed by atoms with Crippen LogP contribution in [0, 0.1) is 0 Å². The Balaban J connectivity index is 2.61. The van der Waals surface area contributed by atoms with Gasteiger partial charge in [-0.3, -0.25) is 4.79 Å². The molecular formula is C10H19NO7. The highest BCUT2D eigenvalue weighted by atomic mass is 16.7. The third-order valence-corrected chi connectivity index (χ3v) is 2.70. The van der Waals surface area contributed by atoms with Gasteiger partial charge in [-0.25, -0.2) is 0 Å². The van der Waals surface area contributed by atoms with Gasteiger partial charge in [0.1, 0.15) is 24.4 Å². The van der Waals surface area contributed by atoms with E-state index in [4.69, 9.17) is 20.3 Å². The summed E-state index contributed by atoms with van der Waals surface area (Å²) in [6.45, 7) is 1.02. The molecule has 0 aliphatic carbocycles. The number of carbonyl (C=O) groups is 1. The molecule has 4 unspecified atom stereocenters. The van der Waals surface area contributed by atoms with Crippen molar-refractivity contribution in [3.8, 4) is 0 Å². The van der Waals surface area contributed by atoms with E-state index < -0.39 is 49.3 Å². The molecule has 6 atom stereocenters. The lowest BCUT2D eigenvalue weighted by Gasteiger charge is -2.40. The van der Waals surface area contributed by atoms with Crippen LogP contribution in [-0.4, -0.2) is 69.8 Å². The minimum absolute atomic E-state index is 0.0744. The van der Waals surface area contributed by atoms with Crippen LogP contribution < -0.4 is 5.73 Å². The fourth-order valence-corrected chi connectivity index (χ4v) is 1.74. The molecule has 18 heavy (non-hydrogen) atoms. The van der Waals surface area contributed by atoms with Gasteiger partial charge < -0.3 is 35.6 Å². The Morgan fingerprint density at radius 3 is 2.44 bits per heavy atom.